The number of anilines is 1. The molecule has 5 rings (SSSR count). The van der Waals surface area contributed by atoms with Crippen LogP contribution in [0.5, 0.6) is 0 Å². The number of aromatic nitrogens is 2. The average Bonchev–Trinajstić information content (AvgIpc) is 3.35. The summed E-state index contributed by atoms with van der Waals surface area (Å²) in [5, 5.41) is 6.63. The molecule has 3 aromatic carbocycles. The minimum absolute atomic E-state index is 0.314. The van der Waals surface area contributed by atoms with Gasteiger partial charge in [0, 0.05) is 31.9 Å². The Hall–Kier alpha value is -3.78. The number of rotatable bonds is 6. The third kappa shape index (κ3) is 5.23. The molecule has 0 bridgehead atoms. The molecule has 0 atom stereocenters. The molecule has 1 amide bonds. The van der Waals surface area contributed by atoms with Crippen molar-refractivity contribution in [1.29, 1.82) is 0 Å². The SMILES string of the molecule is O=C(COC(=O)c1cc(-c2ccc(Cl)cc2)nc2ccccc12)Nc1nc(-c2ccccc2Cl)cs1. The Morgan fingerprint density at radius 1 is 0.889 bits per heavy atom. The first-order chi connectivity index (χ1) is 17.5. The number of nitrogens with zero attached hydrogens (tertiary/aromatic N) is 2. The molecule has 0 aliphatic carbocycles. The summed E-state index contributed by atoms with van der Waals surface area (Å²) in [6.07, 6.45) is 0. The van der Waals surface area contributed by atoms with Crippen molar-refractivity contribution in [2.24, 2.45) is 0 Å². The quantitative estimate of drug-likeness (QED) is 0.235. The average molecular weight is 534 g/mol. The van der Waals surface area contributed by atoms with Crippen molar-refractivity contribution >= 4 is 62.4 Å². The predicted octanol–water partition coefficient (Wildman–Crippen LogP) is 7.13. The third-order valence-electron chi connectivity index (χ3n) is 5.31. The zero-order chi connectivity index (χ0) is 25.1. The van der Waals surface area contributed by atoms with Gasteiger partial charge in [0.2, 0.25) is 0 Å². The Morgan fingerprint density at radius 3 is 2.44 bits per heavy atom. The van der Waals surface area contributed by atoms with Gasteiger partial charge in [-0.25, -0.2) is 14.8 Å². The first-order valence-electron chi connectivity index (χ1n) is 10.8. The number of pyridine rings is 1. The van der Waals surface area contributed by atoms with E-state index in [0.29, 0.717) is 43.0 Å². The number of halogens is 2. The lowest BCUT2D eigenvalue weighted by molar-refractivity contribution is -0.119. The molecule has 0 unspecified atom stereocenters. The normalized spacial score (nSPS) is 10.8. The highest BCUT2D eigenvalue weighted by Crippen LogP contribution is 2.30. The molecule has 0 spiro atoms. The van der Waals surface area contributed by atoms with E-state index in [2.05, 4.69) is 15.3 Å². The van der Waals surface area contributed by atoms with Crippen LogP contribution in [0.2, 0.25) is 10.0 Å². The summed E-state index contributed by atoms with van der Waals surface area (Å²) in [5.74, 6) is -1.13. The molecule has 1 N–H and O–H groups in total. The Kier molecular flexibility index (Phi) is 6.95. The Bertz CT molecular complexity index is 1590. The number of thiazole rings is 1. The zero-order valence-corrected chi connectivity index (χ0v) is 20.9. The maximum atomic E-state index is 13.0. The highest BCUT2D eigenvalue weighted by molar-refractivity contribution is 7.14. The standard InChI is InChI=1S/C27H17Cl2N3O3S/c28-17-11-9-16(10-12-17)23-13-20(18-5-2-4-8-22(18)30-23)26(34)35-14-25(33)32-27-31-24(15-36-27)19-6-1-3-7-21(19)29/h1-13,15H,14H2,(H,31,32,33). The first kappa shape index (κ1) is 23.9. The van der Waals surface area contributed by atoms with E-state index in [-0.39, 0.29) is 0 Å². The van der Waals surface area contributed by atoms with Gasteiger partial charge in [0.25, 0.3) is 5.91 Å². The zero-order valence-electron chi connectivity index (χ0n) is 18.6. The monoisotopic (exact) mass is 533 g/mol. The van der Waals surface area contributed by atoms with Crippen LogP contribution in [0, 0.1) is 0 Å². The van der Waals surface area contributed by atoms with Crippen LogP contribution in [-0.4, -0.2) is 28.5 Å². The van der Waals surface area contributed by atoms with Crippen LogP contribution in [0.4, 0.5) is 5.13 Å². The second kappa shape index (κ2) is 10.5. The van der Waals surface area contributed by atoms with Crippen LogP contribution in [-0.2, 0) is 9.53 Å². The van der Waals surface area contributed by atoms with E-state index in [0.717, 1.165) is 11.1 Å². The highest BCUT2D eigenvalue weighted by Gasteiger charge is 2.17. The van der Waals surface area contributed by atoms with Crippen molar-refractivity contribution in [3.05, 3.63) is 99.9 Å². The van der Waals surface area contributed by atoms with Crippen molar-refractivity contribution in [1.82, 2.24) is 9.97 Å². The van der Waals surface area contributed by atoms with Gasteiger partial charge in [-0.3, -0.25) is 10.1 Å². The lowest BCUT2D eigenvalue weighted by Crippen LogP contribution is -2.21. The van der Waals surface area contributed by atoms with Crippen LogP contribution >= 0.6 is 34.5 Å². The summed E-state index contributed by atoms with van der Waals surface area (Å²) >= 11 is 13.5. The van der Waals surface area contributed by atoms with Gasteiger partial charge in [0.15, 0.2) is 11.7 Å². The van der Waals surface area contributed by atoms with Gasteiger partial charge in [0.05, 0.1) is 22.5 Å². The molecule has 36 heavy (non-hydrogen) atoms. The molecule has 0 saturated heterocycles. The molecule has 178 valence electrons. The van der Waals surface area contributed by atoms with Crippen molar-refractivity contribution in [2.45, 2.75) is 0 Å². The second-order valence-electron chi connectivity index (χ2n) is 7.72. The van der Waals surface area contributed by atoms with Crippen molar-refractivity contribution in [3.8, 4) is 22.5 Å². The van der Waals surface area contributed by atoms with Crippen molar-refractivity contribution < 1.29 is 14.3 Å². The smallest absolute Gasteiger partial charge is 0.339 e. The summed E-state index contributed by atoms with van der Waals surface area (Å²) in [7, 11) is 0. The van der Waals surface area contributed by atoms with Gasteiger partial charge in [-0.1, -0.05) is 71.7 Å². The minimum atomic E-state index is -0.630. The van der Waals surface area contributed by atoms with Gasteiger partial charge >= 0.3 is 5.97 Å². The van der Waals surface area contributed by atoms with Crippen LogP contribution < -0.4 is 5.32 Å². The van der Waals surface area contributed by atoms with Gasteiger partial charge in [-0.15, -0.1) is 11.3 Å². The van der Waals surface area contributed by atoms with Gasteiger partial charge < -0.3 is 4.74 Å². The molecular weight excluding hydrogens is 517 g/mol. The van der Waals surface area contributed by atoms with Gasteiger partial charge in [0.1, 0.15) is 0 Å². The maximum absolute atomic E-state index is 13.0. The molecule has 0 fully saturated rings. The Labute approximate surface area is 220 Å². The molecule has 9 heteroatoms. The molecule has 6 nitrogen and oxygen atoms in total. The number of nitrogens with one attached hydrogen (secondary N) is 1. The number of hydrogen-bond acceptors (Lipinski definition) is 6. The van der Waals surface area contributed by atoms with E-state index >= 15 is 0 Å². The summed E-state index contributed by atoms with van der Waals surface area (Å²) in [6.45, 7) is -0.466. The molecule has 2 heterocycles. The van der Waals surface area contributed by atoms with Crippen molar-refractivity contribution in [2.75, 3.05) is 11.9 Å². The second-order valence-corrected chi connectivity index (χ2v) is 9.42. The molecule has 5 aromatic rings. The maximum Gasteiger partial charge on any atom is 0.339 e. The molecule has 0 saturated carbocycles. The first-order valence-corrected chi connectivity index (χ1v) is 12.4. The number of amides is 1. The van der Waals surface area contributed by atoms with E-state index in [4.69, 9.17) is 27.9 Å². The number of hydrogen-bond donors (Lipinski definition) is 1. The molecule has 0 aliphatic rings. The number of fused-ring (bicyclic) bond motifs is 1. The summed E-state index contributed by atoms with van der Waals surface area (Å²) in [5.41, 5.74) is 3.76. The number of para-hydroxylation sites is 1. The fourth-order valence-electron chi connectivity index (χ4n) is 3.60. The summed E-state index contributed by atoms with van der Waals surface area (Å²) in [6, 6.07) is 23.4. The number of benzene rings is 3. The number of carbonyl (C=O) groups is 2. The lowest BCUT2D eigenvalue weighted by Gasteiger charge is -2.10. The molecule has 2 aromatic heterocycles. The summed E-state index contributed by atoms with van der Waals surface area (Å²) in [4.78, 5) is 34.5. The molecular formula is C27H17Cl2N3O3S. The van der Waals surface area contributed by atoms with Crippen LogP contribution in [0.3, 0.4) is 0 Å². The van der Waals surface area contributed by atoms with Crippen LogP contribution in [0.15, 0.2) is 84.2 Å². The van der Waals surface area contributed by atoms with Crippen LogP contribution in [0.1, 0.15) is 10.4 Å². The summed E-state index contributed by atoms with van der Waals surface area (Å²) < 4.78 is 5.35. The van der Waals surface area contributed by atoms with Crippen LogP contribution in [0.25, 0.3) is 33.4 Å². The van der Waals surface area contributed by atoms with Gasteiger partial charge in [-0.2, -0.15) is 0 Å². The number of ether oxygens (including phenoxy) is 1. The fraction of sp³-hybridized carbons (Fsp3) is 0.0370. The van der Waals surface area contributed by atoms with E-state index in [1.165, 1.54) is 11.3 Å². The molecule has 0 aliphatic heterocycles. The van der Waals surface area contributed by atoms with E-state index in [9.17, 15) is 9.59 Å². The topological polar surface area (TPSA) is 81.2 Å². The molecule has 0 radical (unpaired) electrons. The van der Waals surface area contributed by atoms with E-state index in [1.54, 1.807) is 35.7 Å². The minimum Gasteiger partial charge on any atom is -0.452 e. The number of carbonyl (C=O) groups excluding carboxylic acids is 2. The number of esters is 1. The third-order valence-corrected chi connectivity index (χ3v) is 6.65. The largest absolute Gasteiger partial charge is 0.452 e. The Morgan fingerprint density at radius 2 is 1.64 bits per heavy atom. The van der Waals surface area contributed by atoms with Crippen molar-refractivity contribution in [3.63, 3.8) is 0 Å². The Balaban J connectivity index is 1.31. The highest BCUT2D eigenvalue weighted by atomic mass is 35.5. The lowest BCUT2D eigenvalue weighted by atomic mass is 10.0. The predicted molar refractivity (Wildman–Crippen MR) is 144 cm³/mol. The fourth-order valence-corrected chi connectivity index (χ4v) is 4.69. The van der Waals surface area contributed by atoms with E-state index in [1.807, 2.05) is 48.5 Å². The van der Waals surface area contributed by atoms with E-state index < -0.39 is 18.5 Å². The van der Waals surface area contributed by atoms with Gasteiger partial charge in [-0.05, 0) is 30.3 Å².